The van der Waals surface area contributed by atoms with Crippen LogP contribution in [-0.2, 0) is 11.3 Å². The normalized spacial score (nSPS) is 11.1. The molecule has 0 aromatic heterocycles. The summed E-state index contributed by atoms with van der Waals surface area (Å²) in [7, 11) is 0. The van der Waals surface area contributed by atoms with Crippen molar-refractivity contribution in [3.63, 3.8) is 0 Å². The van der Waals surface area contributed by atoms with Crippen LogP contribution in [0.25, 0.3) is 0 Å². The zero-order chi connectivity index (χ0) is 13.1. The predicted molar refractivity (Wildman–Crippen MR) is 63.9 cm³/mol. The van der Waals surface area contributed by atoms with E-state index in [0.29, 0.717) is 11.3 Å². The van der Waals surface area contributed by atoms with Crippen LogP contribution in [0.4, 0.5) is 10.5 Å². The van der Waals surface area contributed by atoms with E-state index in [4.69, 9.17) is 9.84 Å². The number of benzene rings is 1. The van der Waals surface area contributed by atoms with E-state index in [1.807, 2.05) is 0 Å². The standard InChI is InChI=1S/C12H17NO4/c1-12(2,3)17-11(16)13-9-4-5-10(15)8(6-9)7-14/h4-6,14-15H,7H2,1-3H3,(H,13,16). The number of ether oxygens (including phenoxy) is 1. The molecule has 0 bridgehead atoms. The van der Waals surface area contributed by atoms with Gasteiger partial charge in [0, 0.05) is 11.3 Å². The number of amides is 1. The van der Waals surface area contributed by atoms with E-state index in [1.165, 1.54) is 18.2 Å². The van der Waals surface area contributed by atoms with Gasteiger partial charge in [-0.15, -0.1) is 0 Å². The van der Waals surface area contributed by atoms with Crippen molar-refractivity contribution in [2.45, 2.75) is 33.0 Å². The molecule has 0 fully saturated rings. The molecule has 0 aliphatic rings. The summed E-state index contributed by atoms with van der Waals surface area (Å²) < 4.78 is 5.07. The van der Waals surface area contributed by atoms with Crippen molar-refractivity contribution in [1.82, 2.24) is 0 Å². The van der Waals surface area contributed by atoms with Crippen LogP contribution < -0.4 is 5.32 Å². The van der Waals surface area contributed by atoms with Gasteiger partial charge in [-0.2, -0.15) is 0 Å². The summed E-state index contributed by atoms with van der Waals surface area (Å²) in [5.74, 6) is -0.0118. The first-order valence-corrected chi connectivity index (χ1v) is 5.24. The van der Waals surface area contributed by atoms with Gasteiger partial charge in [0.05, 0.1) is 6.61 Å². The molecule has 5 nitrogen and oxygen atoms in total. The largest absolute Gasteiger partial charge is 0.508 e. The molecule has 0 saturated carbocycles. The van der Waals surface area contributed by atoms with Gasteiger partial charge < -0.3 is 14.9 Å². The van der Waals surface area contributed by atoms with Crippen molar-refractivity contribution in [2.24, 2.45) is 0 Å². The molecule has 0 heterocycles. The molecule has 1 aromatic rings. The molecule has 0 unspecified atom stereocenters. The van der Waals surface area contributed by atoms with Gasteiger partial charge >= 0.3 is 6.09 Å². The third-order valence-electron chi connectivity index (χ3n) is 1.90. The highest BCUT2D eigenvalue weighted by atomic mass is 16.6. The topological polar surface area (TPSA) is 78.8 Å². The van der Waals surface area contributed by atoms with Crippen molar-refractivity contribution in [3.8, 4) is 5.75 Å². The summed E-state index contributed by atoms with van der Waals surface area (Å²) >= 11 is 0. The number of carbonyl (C=O) groups is 1. The Balaban J connectivity index is 2.72. The maximum Gasteiger partial charge on any atom is 0.412 e. The Hall–Kier alpha value is -1.75. The van der Waals surface area contributed by atoms with Crippen LogP contribution in [0.3, 0.4) is 0 Å². The average Bonchev–Trinajstić information content (AvgIpc) is 2.18. The SMILES string of the molecule is CC(C)(C)OC(=O)Nc1ccc(O)c(CO)c1. The molecule has 1 rings (SSSR count). The smallest absolute Gasteiger partial charge is 0.412 e. The number of aliphatic hydroxyl groups excluding tert-OH is 1. The second-order valence-electron chi connectivity index (χ2n) is 4.63. The molecule has 0 saturated heterocycles. The maximum atomic E-state index is 11.5. The van der Waals surface area contributed by atoms with Gasteiger partial charge in [0.25, 0.3) is 0 Å². The van der Waals surface area contributed by atoms with E-state index in [2.05, 4.69) is 5.32 Å². The first kappa shape index (κ1) is 13.3. The molecule has 0 spiro atoms. The van der Waals surface area contributed by atoms with Gasteiger partial charge in [-0.1, -0.05) is 0 Å². The van der Waals surface area contributed by atoms with E-state index in [0.717, 1.165) is 0 Å². The molecule has 0 aliphatic heterocycles. The number of hydrogen-bond acceptors (Lipinski definition) is 4. The summed E-state index contributed by atoms with van der Waals surface area (Å²) in [5.41, 5.74) is 0.237. The third-order valence-corrected chi connectivity index (χ3v) is 1.90. The number of carbonyl (C=O) groups excluding carboxylic acids is 1. The predicted octanol–water partition coefficient (Wildman–Crippen LogP) is 2.23. The van der Waals surface area contributed by atoms with Gasteiger partial charge in [-0.25, -0.2) is 4.79 Å². The van der Waals surface area contributed by atoms with Crippen LogP contribution in [0.5, 0.6) is 5.75 Å². The lowest BCUT2D eigenvalue weighted by Gasteiger charge is -2.19. The van der Waals surface area contributed by atoms with Gasteiger partial charge in [-0.3, -0.25) is 5.32 Å². The molecule has 1 aromatic carbocycles. The van der Waals surface area contributed by atoms with Gasteiger partial charge in [-0.05, 0) is 39.0 Å². The Bertz CT molecular complexity index is 409. The molecule has 3 N–H and O–H groups in total. The van der Waals surface area contributed by atoms with Crippen molar-refractivity contribution >= 4 is 11.8 Å². The van der Waals surface area contributed by atoms with E-state index in [1.54, 1.807) is 20.8 Å². The minimum atomic E-state index is -0.577. The van der Waals surface area contributed by atoms with Crippen molar-refractivity contribution < 1.29 is 19.7 Å². The summed E-state index contributed by atoms with van der Waals surface area (Å²) in [4.78, 5) is 11.5. The maximum absolute atomic E-state index is 11.5. The van der Waals surface area contributed by atoms with Gasteiger partial charge in [0.1, 0.15) is 11.4 Å². The fourth-order valence-electron chi connectivity index (χ4n) is 1.21. The number of aliphatic hydroxyl groups is 1. The molecule has 0 atom stereocenters. The van der Waals surface area contributed by atoms with Gasteiger partial charge in [0.2, 0.25) is 0 Å². The number of nitrogens with one attached hydrogen (secondary N) is 1. The number of anilines is 1. The highest BCUT2D eigenvalue weighted by molar-refractivity contribution is 5.85. The lowest BCUT2D eigenvalue weighted by molar-refractivity contribution is 0.0636. The van der Waals surface area contributed by atoms with Crippen LogP contribution in [0.2, 0.25) is 0 Å². The van der Waals surface area contributed by atoms with E-state index < -0.39 is 11.7 Å². The lowest BCUT2D eigenvalue weighted by Crippen LogP contribution is -2.27. The minimum Gasteiger partial charge on any atom is -0.508 e. The molecule has 17 heavy (non-hydrogen) atoms. The summed E-state index contributed by atoms with van der Waals surface area (Å²) in [6.45, 7) is 5.00. The molecule has 1 amide bonds. The monoisotopic (exact) mass is 239 g/mol. The summed E-state index contributed by atoms with van der Waals surface area (Å²) in [6.07, 6.45) is -0.577. The number of rotatable bonds is 2. The van der Waals surface area contributed by atoms with Crippen LogP contribution in [0, 0.1) is 0 Å². The second kappa shape index (κ2) is 5.05. The minimum absolute atomic E-state index is 0.0118. The fourth-order valence-corrected chi connectivity index (χ4v) is 1.21. The third kappa shape index (κ3) is 4.32. The Morgan fingerprint density at radius 2 is 2.06 bits per heavy atom. The fraction of sp³-hybridized carbons (Fsp3) is 0.417. The molecular weight excluding hydrogens is 222 g/mol. The van der Waals surface area contributed by atoms with Crippen molar-refractivity contribution in [3.05, 3.63) is 23.8 Å². The summed E-state index contributed by atoms with van der Waals surface area (Å²) in [5, 5.41) is 20.8. The molecular formula is C12H17NO4. The van der Waals surface area contributed by atoms with Crippen molar-refractivity contribution in [1.29, 1.82) is 0 Å². The Labute approximate surface area is 100 Å². The highest BCUT2D eigenvalue weighted by Gasteiger charge is 2.16. The molecule has 0 aliphatic carbocycles. The number of hydrogen-bond donors (Lipinski definition) is 3. The van der Waals surface area contributed by atoms with Crippen LogP contribution >= 0.6 is 0 Å². The zero-order valence-corrected chi connectivity index (χ0v) is 10.2. The van der Waals surface area contributed by atoms with E-state index in [-0.39, 0.29) is 12.4 Å². The Morgan fingerprint density at radius 1 is 1.41 bits per heavy atom. The Morgan fingerprint density at radius 3 is 2.59 bits per heavy atom. The highest BCUT2D eigenvalue weighted by Crippen LogP contribution is 2.21. The lowest BCUT2D eigenvalue weighted by atomic mass is 10.2. The second-order valence-corrected chi connectivity index (χ2v) is 4.63. The zero-order valence-electron chi connectivity index (χ0n) is 10.2. The number of aromatic hydroxyl groups is 1. The molecule has 5 heteroatoms. The summed E-state index contributed by atoms with van der Waals surface area (Å²) in [6, 6.07) is 4.41. The van der Waals surface area contributed by atoms with E-state index >= 15 is 0 Å². The van der Waals surface area contributed by atoms with E-state index in [9.17, 15) is 9.90 Å². The average molecular weight is 239 g/mol. The first-order chi connectivity index (χ1) is 7.81. The number of phenols is 1. The Kier molecular flexibility index (Phi) is 3.96. The molecule has 0 radical (unpaired) electrons. The quantitative estimate of drug-likeness (QED) is 0.691. The van der Waals surface area contributed by atoms with Crippen LogP contribution in [0.1, 0.15) is 26.3 Å². The van der Waals surface area contributed by atoms with Crippen LogP contribution in [-0.4, -0.2) is 21.9 Å². The van der Waals surface area contributed by atoms with Crippen molar-refractivity contribution in [2.75, 3.05) is 5.32 Å². The molecule has 94 valence electrons. The van der Waals surface area contributed by atoms with Gasteiger partial charge in [0.15, 0.2) is 0 Å². The first-order valence-electron chi connectivity index (χ1n) is 5.24. The van der Waals surface area contributed by atoms with Crippen LogP contribution in [0.15, 0.2) is 18.2 Å².